The number of hydrogen-bond acceptors (Lipinski definition) is 6. The number of fused-ring (bicyclic) bond motifs is 1. The number of anilines is 1. The van der Waals surface area contributed by atoms with Crippen molar-refractivity contribution >= 4 is 32.1 Å². The summed E-state index contributed by atoms with van der Waals surface area (Å²) in [4.78, 5) is 4.56. The number of ether oxygens (including phenoxy) is 1. The molecule has 0 aliphatic heterocycles. The topological polar surface area (TPSA) is 98.7 Å². The van der Waals surface area contributed by atoms with Crippen LogP contribution in [0.2, 0.25) is 0 Å². The van der Waals surface area contributed by atoms with E-state index in [4.69, 9.17) is 10.5 Å². The van der Waals surface area contributed by atoms with Crippen LogP contribution in [0.5, 0.6) is 0 Å². The van der Waals surface area contributed by atoms with Crippen LogP contribution in [0, 0.1) is 0 Å². The molecule has 0 amide bonds. The number of sulfonamides is 1. The Hall–Kier alpha value is -1.16. The largest absolute Gasteiger partial charge is 0.381 e. The van der Waals surface area contributed by atoms with Gasteiger partial charge in [-0.2, -0.15) is 0 Å². The van der Waals surface area contributed by atoms with Gasteiger partial charge in [-0.25, -0.2) is 18.1 Å². The summed E-state index contributed by atoms with van der Waals surface area (Å²) in [5.41, 5.74) is 5.08. The van der Waals surface area contributed by atoms with Gasteiger partial charge < -0.3 is 10.5 Å². The van der Waals surface area contributed by atoms with Gasteiger partial charge in [0.25, 0.3) is 10.0 Å². The molecule has 0 aliphatic carbocycles. The molecule has 3 N–H and O–H groups in total. The number of rotatable bonds is 5. The number of thiazole rings is 1. The molecule has 0 unspecified atom stereocenters. The van der Waals surface area contributed by atoms with Crippen LogP contribution in [0.15, 0.2) is 16.6 Å². The first-order valence-corrected chi connectivity index (χ1v) is 7.89. The SMILES string of the molecule is COC(C)(C)CNS(=O)(=O)c1c(N)nc2sccn12. The Morgan fingerprint density at radius 2 is 2.26 bits per heavy atom. The predicted molar refractivity (Wildman–Crippen MR) is 73.8 cm³/mol. The summed E-state index contributed by atoms with van der Waals surface area (Å²) in [5, 5.41) is 1.72. The van der Waals surface area contributed by atoms with E-state index in [0.717, 1.165) is 0 Å². The van der Waals surface area contributed by atoms with Gasteiger partial charge in [-0.3, -0.25) is 4.40 Å². The fourth-order valence-corrected chi connectivity index (χ4v) is 3.64. The summed E-state index contributed by atoms with van der Waals surface area (Å²) in [7, 11) is -2.21. The third-order valence-corrected chi connectivity index (χ3v) is 4.93. The van der Waals surface area contributed by atoms with Crippen molar-refractivity contribution in [2.45, 2.75) is 24.5 Å². The number of hydrogen-bond donors (Lipinski definition) is 2. The maximum Gasteiger partial charge on any atom is 0.260 e. The van der Waals surface area contributed by atoms with Crippen LogP contribution in [0.4, 0.5) is 5.82 Å². The summed E-state index contributed by atoms with van der Waals surface area (Å²) >= 11 is 1.32. The van der Waals surface area contributed by atoms with Gasteiger partial charge in [-0.1, -0.05) is 0 Å². The minimum Gasteiger partial charge on any atom is -0.381 e. The summed E-state index contributed by atoms with van der Waals surface area (Å²) < 4.78 is 33.7. The lowest BCUT2D eigenvalue weighted by atomic mass is 10.1. The molecule has 2 rings (SSSR count). The highest BCUT2D eigenvalue weighted by Gasteiger charge is 2.27. The third-order valence-electron chi connectivity index (χ3n) is 2.74. The van der Waals surface area contributed by atoms with Crippen molar-refractivity contribution in [3.63, 3.8) is 0 Å². The van der Waals surface area contributed by atoms with E-state index >= 15 is 0 Å². The lowest BCUT2D eigenvalue weighted by molar-refractivity contribution is 0.0276. The Bertz CT molecular complexity index is 687. The van der Waals surface area contributed by atoms with Crippen LogP contribution in [0.1, 0.15) is 13.8 Å². The fourth-order valence-electron chi connectivity index (χ4n) is 1.46. The van der Waals surface area contributed by atoms with E-state index in [-0.39, 0.29) is 17.4 Å². The first kappa shape index (κ1) is 14.3. The highest BCUT2D eigenvalue weighted by molar-refractivity contribution is 7.89. The van der Waals surface area contributed by atoms with Crippen LogP contribution in [-0.4, -0.2) is 37.1 Å². The molecule has 2 aromatic rings. The highest BCUT2D eigenvalue weighted by Crippen LogP contribution is 2.23. The van der Waals surface area contributed by atoms with Crippen molar-refractivity contribution in [1.82, 2.24) is 14.1 Å². The number of aromatic nitrogens is 2. The number of imidazole rings is 1. The van der Waals surface area contributed by atoms with Gasteiger partial charge in [0, 0.05) is 25.2 Å². The average Bonchev–Trinajstić information content (AvgIpc) is 2.86. The molecule has 0 aromatic carbocycles. The molecule has 0 radical (unpaired) electrons. The van der Waals surface area contributed by atoms with E-state index in [1.54, 1.807) is 25.4 Å². The lowest BCUT2D eigenvalue weighted by Crippen LogP contribution is -2.40. The van der Waals surface area contributed by atoms with Crippen molar-refractivity contribution < 1.29 is 13.2 Å². The lowest BCUT2D eigenvalue weighted by Gasteiger charge is -2.22. The van der Waals surface area contributed by atoms with Crippen LogP contribution in [0.3, 0.4) is 0 Å². The van der Waals surface area contributed by atoms with Crippen LogP contribution < -0.4 is 10.5 Å². The Balaban J connectivity index is 2.34. The van der Waals surface area contributed by atoms with Crippen molar-refractivity contribution in [3.8, 4) is 0 Å². The third kappa shape index (κ3) is 2.73. The Morgan fingerprint density at radius 3 is 2.89 bits per heavy atom. The monoisotopic (exact) mass is 304 g/mol. The van der Waals surface area contributed by atoms with Crippen molar-refractivity contribution in [3.05, 3.63) is 11.6 Å². The number of methoxy groups -OCH3 is 1. The first-order chi connectivity index (χ1) is 8.77. The Morgan fingerprint density at radius 1 is 1.58 bits per heavy atom. The molecule has 0 saturated heterocycles. The molecular weight excluding hydrogens is 288 g/mol. The molecule has 2 heterocycles. The normalized spacial score (nSPS) is 13.2. The van der Waals surface area contributed by atoms with E-state index in [9.17, 15) is 8.42 Å². The van der Waals surface area contributed by atoms with E-state index in [0.29, 0.717) is 4.96 Å². The van der Waals surface area contributed by atoms with Crippen molar-refractivity contribution in [2.24, 2.45) is 0 Å². The first-order valence-electron chi connectivity index (χ1n) is 5.53. The van der Waals surface area contributed by atoms with E-state index in [1.165, 1.54) is 22.8 Å². The molecule has 0 fully saturated rings. The Kier molecular flexibility index (Phi) is 3.56. The molecule has 106 valence electrons. The van der Waals surface area contributed by atoms with Crippen molar-refractivity contribution in [1.29, 1.82) is 0 Å². The minimum absolute atomic E-state index is 0.00503. The Labute approximate surface area is 115 Å². The van der Waals surface area contributed by atoms with Gasteiger partial charge in [0.2, 0.25) is 0 Å². The number of nitrogen functional groups attached to an aromatic ring is 1. The van der Waals surface area contributed by atoms with Gasteiger partial charge in [0.1, 0.15) is 0 Å². The summed E-state index contributed by atoms with van der Waals surface area (Å²) in [6, 6.07) is 0. The van der Waals surface area contributed by atoms with Gasteiger partial charge in [0.05, 0.1) is 5.60 Å². The highest BCUT2D eigenvalue weighted by atomic mass is 32.2. The maximum absolute atomic E-state index is 12.3. The molecule has 0 atom stereocenters. The number of nitrogens with one attached hydrogen (secondary N) is 1. The zero-order chi connectivity index (χ0) is 14.3. The molecule has 0 aliphatic rings. The average molecular weight is 304 g/mol. The second-order valence-electron chi connectivity index (χ2n) is 4.65. The summed E-state index contributed by atoms with van der Waals surface area (Å²) in [6.07, 6.45) is 1.62. The van der Waals surface area contributed by atoms with Gasteiger partial charge in [-0.05, 0) is 13.8 Å². The quantitative estimate of drug-likeness (QED) is 0.846. The smallest absolute Gasteiger partial charge is 0.260 e. The molecule has 2 aromatic heterocycles. The molecule has 9 heteroatoms. The maximum atomic E-state index is 12.3. The summed E-state index contributed by atoms with van der Waals surface area (Å²) in [6.45, 7) is 3.72. The van der Waals surface area contributed by atoms with Crippen LogP contribution in [0.25, 0.3) is 4.96 Å². The van der Waals surface area contributed by atoms with Crippen LogP contribution >= 0.6 is 11.3 Å². The molecule has 0 bridgehead atoms. The van der Waals surface area contributed by atoms with Gasteiger partial charge in [0.15, 0.2) is 15.8 Å². The second kappa shape index (κ2) is 4.75. The summed E-state index contributed by atoms with van der Waals surface area (Å²) in [5.74, 6) is -0.00503. The fraction of sp³-hybridized carbons (Fsp3) is 0.500. The van der Waals surface area contributed by atoms with Gasteiger partial charge >= 0.3 is 0 Å². The van der Waals surface area contributed by atoms with Gasteiger partial charge in [-0.15, -0.1) is 11.3 Å². The predicted octanol–water partition coefficient (Wildman–Crippen LogP) is 0.681. The molecule has 19 heavy (non-hydrogen) atoms. The van der Waals surface area contributed by atoms with Crippen molar-refractivity contribution in [2.75, 3.05) is 19.4 Å². The molecule has 0 spiro atoms. The van der Waals surface area contributed by atoms with E-state index in [1.807, 2.05) is 0 Å². The number of nitrogens with two attached hydrogens (primary N) is 1. The van der Waals surface area contributed by atoms with Crippen LogP contribution in [-0.2, 0) is 14.8 Å². The zero-order valence-electron chi connectivity index (χ0n) is 10.9. The zero-order valence-corrected chi connectivity index (χ0v) is 12.5. The molecule has 0 saturated carbocycles. The van der Waals surface area contributed by atoms with E-state index in [2.05, 4.69) is 9.71 Å². The standard InChI is InChI=1S/C10H16N4O3S2/c1-10(2,17-3)6-12-19(15,16)8-7(11)13-9-14(8)4-5-18-9/h4-5,12H,6,11H2,1-3H3. The second-order valence-corrected chi connectivity index (χ2v) is 7.20. The molecule has 7 nitrogen and oxygen atoms in total. The van der Waals surface area contributed by atoms with E-state index < -0.39 is 15.6 Å². The minimum atomic E-state index is -3.74. The number of nitrogens with zero attached hydrogens (tertiary/aromatic N) is 2. The molecular formula is C10H16N4O3S2.